The van der Waals surface area contributed by atoms with Gasteiger partial charge in [-0.05, 0) is 33.4 Å². The van der Waals surface area contributed by atoms with Gasteiger partial charge in [0.2, 0.25) is 0 Å². The van der Waals surface area contributed by atoms with Crippen LogP contribution in [0.4, 0.5) is 11.6 Å². The van der Waals surface area contributed by atoms with Crippen molar-refractivity contribution in [2.24, 2.45) is 0 Å². The van der Waals surface area contributed by atoms with E-state index in [0.29, 0.717) is 6.04 Å². The van der Waals surface area contributed by atoms with Crippen molar-refractivity contribution in [1.82, 2.24) is 9.97 Å². The largest absolute Gasteiger partial charge is 0.370 e. The van der Waals surface area contributed by atoms with Crippen LogP contribution in [-0.4, -0.2) is 35.4 Å². The van der Waals surface area contributed by atoms with E-state index in [-0.39, 0.29) is 0 Å². The molecule has 5 heteroatoms. The smallest absolute Gasteiger partial charge is 0.191 e. The SMILES string of the molecule is CCCNc1cc(N(CC)C(C)C)nc(SC)n1. The second-order valence-electron chi connectivity index (χ2n) is 4.40. The molecule has 18 heavy (non-hydrogen) atoms. The standard InChI is InChI=1S/C13H24N4S/c1-6-8-14-11-9-12(16-13(15-11)18-5)17(7-2)10(3)4/h9-10H,6-8H2,1-5H3,(H,14,15,16). The van der Waals surface area contributed by atoms with Gasteiger partial charge in [0.1, 0.15) is 11.6 Å². The molecule has 0 aliphatic heterocycles. The molecule has 1 aromatic rings. The quantitative estimate of drug-likeness (QED) is 0.607. The second-order valence-corrected chi connectivity index (χ2v) is 5.18. The molecular formula is C13H24N4S. The minimum absolute atomic E-state index is 0.443. The number of anilines is 2. The molecule has 0 saturated carbocycles. The van der Waals surface area contributed by atoms with Gasteiger partial charge in [-0.25, -0.2) is 9.97 Å². The van der Waals surface area contributed by atoms with Crippen molar-refractivity contribution < 1.29 is 0 Å². The summed E-state index contributed by atoms with van der Waals surface area (Å²) in [6.45, 7) is 10.6. The first-order valence-corrected chi connectivity index (χ1v) is 7.78. The number of rotatable bonds is 7. The van der Waals surface area contributed by atoms with Gasteiger partial charge in [-0.3, -0.25) is 0 Å². The Morgan fingerprint density at radius 3 is 2.56 bits per heavy atom. The molecule has 0 amide bonds. The zero-order valence-corrected chi connectivity index (χ0v) is 12.8. The van der Waals surface area contributed by atoms with E-state index in [2.05, 4.69) is 47.9 Å². The van der Waals surface area contributed by atoms with Gasteiger partial charge >= 0.3 is 0 Å². The van der Waals surface area contributed by atoms with Crippen molar-refractivity contribution in [1.29, 1.82) is 0 Å². The first-order valence-electron chi connectivity index (χ1n) is 6.55. The fraction of sp³-hybridized carbons (Fsp3) is 0.692. The highest BCUT2D eigenvalue weighted by molar-refractivity contribution is 7.98. The molecule has 1 aromatic heterocycles. The van der Waals surface area contributed by atoms with Crippen molar-refractivity contribution in [3.05, 3.63) is 6.07 Å². The highest BCUT2D eigenvalue weighted by Gasteiger charge is 2.12. The van der Waals surface area contributed by atoms with Crippen LogP contribution in [0.3, 0.4) is 0 Å². The van der Waals surface area contributed by atoms with Crippen LogP contribution >= 0.6 is 11.8 Å². The van der Waals surface area contributed by atoms with Crippen molar-refractivity contribution in [3.8, 4) is 0 Å². The molecule has 4 nitrogen and oxygen atoms in total. The van der Waals surface area contributed by atoms with Crippen molar-refractivity contribution >= 4 is 23.4 Å². The number of nitrogens with zero attached hydrogens (tertiary/aromatic N) is 3. The first-order chi connectivity index (χ1) is 8.62. The van der Waals surface area contributed by atoms with E-state index in [4.69, 9.17) is 0 Å². The molecule has 0 bridgehead atoms. The normalized spacial score (nSPS) is 10.8. The molecule has 1 rings (SSSR count). The van der Waals surface area contributed by atoms with Gasteiger partial charge in [-0.2, -0.15) is 0 Å². The lowest BCUT2D eigenvalue weighted by atomic mass is 10.3. The Labute approximate surface area is 115 Å². The van der Waals surface area contributed by atoms with Gasteiger partial charge in [0.15, 0.2) is 5.16 Å². The van der Waals surface area contributed by atoms with Crippen LogP contribution in [0.2, 0.25) is 0 Å². The van der Waals surface area contributed by atoms with E-state index in [1.807, 2.05) is 12.3 Å². The van der Waals surface area contributed by atoms with Crippen LogP contribution in [0.1, 0.15) is 34.1 Å². The van der Waals surface area contributed by atoms with Crippen LogP contribution in [0.5, 0.6) is 0 Å². The van der Waals surface area contributed by atoms with Crippen LogP contribution in [0.15, 0.2) is 11.2 Å². The third kappa shape index (κ3) is 4.05. The Bertz CT molecular complexity index is 368. The molecule has 0 radical (unpaired) electrons. The molecule has 0 aliphatic rings. The zero-order chi connectivity index (χ0) is 13.5. The minimum Gasteiger partial charge on any atom is -0.370 e. The number of aromatic nitrogens is 2. The topological polar surface area (TPSA) is 41.0 Å². The number of thioether (sulfide) groups is 1. The molecule has 1 N–H and O–H groups in total. The maximum Gasteiger partial charge on any atom is 0.191 e. The summed E-state index contributed by atoms with van der Waals surface area (Å²) >= 11 is 1.58. The zero-order valence-electron chi connectivity index (χ0n) is 12.0. The molecule has 1 heterocycles. The first kappa shape index (κ1) is 15.1. The Kier molecular flexibility index (Phi) is 6.25. The molecule has 0 unspecified atom stereocenters. The summed E-state index contributed by atoms with van der Waals surface area (Å²) in [6.07, 6.45) is 3.10. The van der Waals surface area contributed by atoms with Crippen molar-refractivity contribution in [2.45, 2.75) is 45.3 Å². The Morgan fingerprint density at radius 1 is 1.33 bits per heavy atom. The lowest BCUT2D eigenvalue weighted by molar-refractivity contribution is 0.686. The van der Waals surface area contributed by atoms with Crippen molar-refractivity contribution in [3.63, 3.8) is 0 Å². The van der Waals surface area contributed by atoms with Crippen LogP contribution in [0.25, 0.3) is 0 Å². The van der Waals surface area contributed by atoms with Crippen LogP contribution in [0, 0.1) is 0 Å². The number of nitrogens with one attached hydrogen (secondary N) is 1. The van der Waals surface area contributed by atoms with E-state index in [1.165, 1.54) is 0 Å². The van der Waals surface area contributed by atoms with E-state index in [1.54, 1.807) is 11.8 Å². The fourth-order valence-electron chi connectivity index (χ4n) is 1.79. The highest BCUT2D eigenvalue weighted by Crippen LogP contribution is 2.21. The number of hydrogen-bond donors (Lipinski definition) is 1. The highest BCUT2D eigenvalue weighted by atomic mass is 32.2. The van der Waals surface area contributed by atoms with Gasteiger partial charge < -0.3 is 10.2 Å². The Hall–Kier alpha value is -0.970. The fourth-order valence-corrected chi connectivity index (χ4v) is 2.16. The van der Waals surface area contributed by atoms with E-state index >= 15 is 0 Å². The van der Waals surface area contributed by atoms with Crippen LogP contribution < -0.4 is 10.2 Å². The molecule has 0 atom stereocenters. The number of hydrogen-bond acceptors (Lipinski definition) is 5. The monoisotopic (exact) mass is 268 g/mol. The molecule has 0 spiro atoms. The second kappa shape index (κ2) is 7.46. The molecular weight excluding hydrogens is 244 g/mol. The van der Waals surface area contributed by atoms with Crippen molar-refractivity contribution in [2.75, 3.05) is 29.6 Å². The summed E-state index contributed by atoms with van der Waals surface area (Å²) in [4.78, 5) is 11.3. The van der Waals surface area contributed by atoms with E-state index in [0.717, 1.165) is 36.3 Å². The van der Waals surface area contributed by atoms with Gasteiger partial charge in [0.05, 0.1) is 0 Å². The summed E-state index contributed by atoms with van der Waals surface area (Å²) in [6, 6.07) is 2.48. The molecule has 0 fully saturated rings. The summed E-state index contributed by atoms with van der Waals surface area (Å²) in [7, 11) is 0. The van der Waals surface area contributed by atoms with Gasteiger partial charge in [-0.15, -0.1) is 0 Å². The molecule has 0 aromatic carbocycles. The predicted octanol–water partition coefficient (Wildman–Crippen LogP) is 3.26. The molecule has 102 valence electrons. The third-order valence-electron chi connectivity index (χ3n) is 2.69. The summed E-state index contributed by atoms with van der Waals surface area (Å²) in [5.74, 6) is 1.93. The lowest BCUT2D eigenvalue weighted by Crippen LogP contribution is -2.31. The maximum absolute atomic E-state index is 4.59. The molecule has 0 saturated heterocycles. The van der Waals surface area contributed by atoms with Gasteiger partial charge in [-0.1, -0.05) is 18.7 Å². The molecule has 0 aliphatic carbocycles. The Balaban J connectivity index is 3.02. The lowest BCUT2D eigenvalue weighted by Gasteiger charge is -2.26. The van der Waals surface area contributed by atoms with Gasteiger partial charge in [0, 0.05) is 25.2 Å². The Morgan fingerprint density at radius 2 is 2.06 bits per heavy atom. The summed E-state index contributed by atoms with van der Waals surface area (Å²) < 4.78 is 0. The third-order valence-corrected chi connectivity index (χ3v) is 3.24. The van der Waals surface area contributed by atoms with Gasteiger partial charge in [0.25, 0.3) is 0 Å². The average molecular weight is 268 g/mol. The average Bonchev–Trinajstić information content (AvgIpc) is 2.36. The van der Waals surface area contributed by atoms with Crippen LogP contribution in [-0.2, 0) is 0 Å². The predicted molar refractivity (Wildman–Crippen MR) is 80.7 cm³/mol. The van der Waals surface area contributed by atoms with E-state index < -0.39 is 0 Å². The minimum atomic E-state index is 0.443. The summed E-state index contributed by atoms with van der Waals surface area (Å²) in [5.41, 5.74) is 0. The maximum atomic E-state index is 4.59. The summed E-state index contributed by atoms with van der Waals surface area (Å²) in [5, 5.41) is 4.16. The van der Waals surface area contributed by atoms with E-state index in [9.17, 15) is 0 Å².